The Kier molecular flexibility index (Phi) is 6.52. The van der Waals surface area contributed by atoms with Crippen LogP contribution in [0.3, 0.4) is 0 Å². The third kappa shape index (κ3) is 5.28. The molecule has 0 saturated heterocycles. The maximum Gasteiger partial charge on any atom is 0.224 e. The quantitative estimate of drug-likeness (QED) is 0.392. The largest absolute Gasteiger partial charge is 0.486 e. The third-order valence-corrected chi connectivity index (χ3v) is 6.10. The first-order valence-electron chi connectivity index (χ1n) is 12.2. The van der Waals surface area contributed by atoms with Gasteiger partial charge < -0.3 is 20.7 Å². The van der Waals surface area contributed by atoms with Gasteiger partial charge in [-0.25, -0.2) is 15.0 Å². The molecule has 1 aliphatic heterocycles. The van der Waals surface area contributed by atoms with Crippen molar-refractivity contribution in [2.24, 2.45) is 5.73 Å². The van der Waals surface area contributed by atoms with E-state index in [4.69, 9.17) is 20.4 Å². The van der Waals surface area contributed by atoms with Gasteiger partial charge in [0.1, 0.15) is 12.4 Å². The van der Waals surface area contributed by atoms with Gasteiger partial charge in [-0.3, -0.25) is 0 Å². The summed E-state index contributed by atoms with van der Waals surface area (Å²) in [6.07, 6.45) is 4.32. The van der Waals surface area contributed by atoms with Crippen LogP contribution < -0.4 is 20.7 Å². The molecule has 1 atom stereocenters. The SMILES string of the molecule is C[C@@H](Cc1cccc(C(C)(C)N)c1)Nc1nccc(N2CCOc3cnc(-c4ccccc4)nc32)n1. The van der Waals surface area contributed by atoms with E-state index in [9.17, 15) is 0 Å². The molecular weight excluding hydrogens is 450 g/mol. The second-order valence-corrected chi connectivity index (χ2v) is 9.66. The van der Waals surface area contributed by atoms with Crippen molar-refractivity contribution >= 4 is 17.6 Å². The second-order valence-electron chi connectivity index (χ2n) is 9.66. The summed E-state index contributed by atoms with van der Waals surface area (Å²) in [5.41, 5.74) is 9.20. The minimum Gasteiger partial charge on any atom is -0.486 e. The van der Waals surface area contributed by atoms with E-state index in [-0.39, 0.29) is 11.6 Å². The lowest BCUT2D eigenvalue weighted by molar-refractivity contribution is 0.310. The molecular formula is C28H31N7O. The molecule has 1 aliphatic rings. The molecule has 0 bridgehead atoms. The van der Waals surface area contributed by atoms with Crippen LogP contribution in [0.2, 0.25) is 0 Å². The molecule has 0 saturated carbocycles. The maximum atomic E-state index is 6.29. The molecule has 8 nitrogen and oxygen atoms in total. The minimum atomic E-state index is -0.373. The van der Waals surface area contributed by atoms with Crippen LogP contribution in [0.1, 0.15) is 31.9 Å². The number of hydrogen-bond acceptors (Lipinski definition) is 8. The number of nitrogens with one attached hydrogen (secondary N) is 1. The first-order valence-corrected chi connectivity index (χ1v) is 12.2. The van der Waals surface area contributed by atoms with Crippen LogP contribution >= 0.6 is 0 Å². The van der Waals surface area contributed by atoms with Crippen molar-refractivity contribution in [2.45, 2.75) is 38.8 Å². The number of ether oxygens (including phenoxy) is 1. The average molecular weight is 482 g/mol. The third-order valence-electron chi connectivity index (χ3n) is 6.10. The van der Waals surface area contributed by atoms with E-state index in [1.807, 2.05) is 50.2 Å². The molecule has 4 aromatic rings. The molecule has 36 heavy (non-hydrogen) atoms. The number of aromatic nitrogens is 4. The zero-order chi connectivity index (χ0) is 25.1. The molecule has 0 radical (unpaired) electrons. The number of anilines is 3. The standard InChI is InChI=1S/C28H31N7O/c1-19(16-20-8-7-11-22(17-20)28(2,3)29)32-27-30-13-12-24(33-27)35-14-15-36-23-18-31-25(34-26(23)35)21-9-5-4-6-10-21/h4-13,17-19H,14-16,29H2,1-3H3,(H,30,32,33)/t19-/m0/s1. The van der Waals surface area contributed by atoms with Crippen molar-refractivity contribution in [1.82, 2.24) is 19.9 Å². The highest BCUT2D eigenvalue weighted by Crippen LogP contribution is 2.35. The van der Waals surface area contributed by atoms with E-state index in [0.29, 0.717) is 36.5 Å². The molecule has 3 heterocycles. The molecule has 0 fully saturated rings. The van der Waals surface area contributed by atoms with Crippen molar-refractivity contribution in [1.29, 1.82) is 0 Å². The fourth-order valence-electron chi connectivity index (χ4n) is 4.25. The molecule has 3 N–H and O–H groups in total. The van der Waals surface area contributed by atoms with Crippen molar-refractivity contribution in [2.75, 3.05) is 23.4 Å². The molecule has 184 valence electrons. The summed E-state index contributed by atoms with van der Waals surface area (Å²) in [5.74, 6) is 3.32. The summed E-state index contributed by atoms with van der Waals surface area (Å²) >= 11 is 0. The van der Waals surface area contributed by atoms with Crippen LogP contribution in [0.15, 0.2) is 73.1 Å². The lowest BCUT2D eigenvalue weighted by atomic mass is 9.93. The molecule has 0 amide bonds. The van der Waals surface area contributed by atoms with Crippen LogP contribution in [0, 0.1) is 0 Å². The fraction of sp³-hybridized carbons (Fsp3) is 0.286. The van der Waals surface area contributed by atoms with Gasteiger partial charge in [-0.2, -0.15) is 4.98 Å². The Labute approximate surface area is 211 Å². The highest BCUT2D eigenvalue weighted by Gasteiger charge is 2.24. The summed E-state index contributed by atoms with van der Waals surface area (Å²) in [6, 6.07) is 20.4. The molecule has 5 rings (SSSR count). The van der Waals surface area contributed by atoms with Crippen molar-refractivity contribution < 1.29 is 4.74 Å². The average Bonchev–Trinajstić information content (AvgIpc) is 2.88. The first kappa shape index (κ1) is 23.7. The lowest BCUT2D eigenvalue weighted by Crippen LogP contribution is -2.31. The summed E-state index contributed by atoms with van der Waals surface area (Å²) in [4.78, 5) is 20.6. The molecule has 2 aromatic heterocycles. The van der Waals surface area contributed by atoms with Gasteiger partial charge in [0.05, 0.1) is 12.7 Å². The normalized spacial score (nSPS) is 14.1. The molecule has 8 heteroatoms. The van der Waals surface area contributed by atoms with Crippen LogP contribution in [0.25, 0.3) is 11.4 Å². The van der Waals surface area contributed by atoms with E-state index in [0.717, 1.165) is 23.4 Å². The Bertz CT molecular complexity index is 1340. The van der Waals surface area contributed by atoms with Crippen LogP contribution in [-0.2, 0) is 12.0 Å². The van der Waals surface area contributed by atoms with Crippen molar-refractivity contribution in [3.05, 3.63) is 84.2 Å². The Balaban J connectivity index is 1.35. The Morgan fingerprint density at radius 2 is 1.89 bits per heavy atom. The monoisotopic (exact) mass is 481 g/mol. The summed E-state index contributed by atoms with van der Waals surface area (Å²) in [5, 5.41) is 3.45. The zero-order valence-electron chi connectivity index (χ0n) is 20.8. The molecule has 0 unspecified atom stereocenters. The number of nitrogens with two attached hydrogens (primary N) is 1. The predicted molar refractivity (Wildman–Crippen MR) is 142 cm³/mol. The number of rotatable bonds is 7. The second kappa shape index (κ2) is 9.91. The number of fused-ring (bicyclic) bond motifs is 1. The first-order chi connectivity index (χ1) is 17.4. The van der Waals surface area contributed by atoms with E-state index >= 15 is 0 Å². The van der Waals surface area contributed by atoms with E-state index < -0.39 is 0 Å². The van der Waals surface area contributed by atoms with Gasteiger partial charge in [0.25, 0.3) is 0 Å². The number of hydrogen-bond donors (Lipinski definition) is 2. The summed E-state index contributed by atoms with van der Waals surface area (Å²) in [7, 11) is 0. The van der Waals surface area contributed by atoms with E-state index in [2.05, 4.69) is 51.4 Å². The predicted octanol–water partition coefficient (Wildman–Crippen LogP) is 4.70. The Morgan fingerprint density at radius 1 is 1.06 bits per heavy atom. The number of benzene rings is 2. The van der Waals surface area contributed by atoms with E-state index in [1.54, 1.807) is 12.4 Å². The van der Waals surface area contributed by atoms with Crippen LogP contribution in [0.4, 0.5) is 17.6 Å². The molecule has 0 aliphatic carbocycles. The minimum absolute atomic E-state index is 0.125. The van der Waals surface area contributed by atoms with Gasteiger partial charge in [0.2, 0.25) is 5.95 Å². The van der Waals surface area contributed by atoms with Crippen LogP contribution in [-0.4, -0.2) is 39.1 Å². The summed E-state index contributed by atoms with van der Waals surface area (Å²) < 4.78 is 5.83. The van der Waals surface area contributed by atoms with Gasteiger partial charge in [-0.1, -0.05) is 54.6 Å². The fourth-order valence-corrected chi connectivity index (χ4v) is 4.25. The van der Waals surface area contributed by atoms with Gasteiger partial charge >= 0.3 is 0 Å². The molecule has 0 spiro atoms. The van der Waals surface area contributed by atoms with Gasteiger partial charge in [0.15, 0.2) is 17.4 Å². The highest BCUT2D eigenvalue weighted by molar-refractivity contribution is 5.67. The Hall–Kier alpha value is -4.04. The van der Waals surface area contributed by atoms with Gasteiger partial charge in [0, 0.05) is 23.3 Å². The summed E-state index contributed by atoms with van der Waals surface area (Å²) in [6.45, 7) is 7.32. The zero-order valence-corrected chi connectivity index (χ0v) is 20.8. The Morgan fingerprint density at radius 3 is 2.69 bits per heavy atom. The van der Waals surface area contributed by atoms with Crippen molar-refractivity contribution in [3.63, 3.8) is 0 Å². The van der Waals surface area contributed by atoms with Crippen LogP contribution in [0.5, 0.6) is 5.75 Å². The van der Waals surface area contributed by atoms with Crippen molar-refractivity contribution in [3.8, 4) is 17.1 Å². The highest BCUT2D eigenvalue weighted by atomic mass is 16.5. The topological polar surface area (TPSA) is 102 Å². The number of nitrogens with zero attached hydrogens (tertiary/aromatic N) is 5. The van der Waals surface area contributed by atoms with Gasteiger partial charge in [-0.05, 0) is 44.4 Å². The van der Waals surface area contributed by atoms with Gasteiger partial charge in [-0.15, -0.1) is 0 Å². The lowest BCUT2D eigenvalue weighted by Gasteiger charge is -2.29. The van der Waals surface area contributed by atoms with E-state index in [1.165, 1.54) is 5.56 Å². The smallest absolute Gasteiger partial charge is 0.224 e. The molecule has 2 aromatic carbocycles. The maximum absolute atomic E-state index is 6.29.